The van der Waals surface area contributed by atoms with Crippen molar-refractivity contribution in [3.63, 3.8) is 0 Å². The Kier molecular flexibility index (Phi) is 6.81. The third-order valence-electron chi connectivity index (χ3n) is 6.74. The number of amides is 1. The van der Waals surface area contributed by atoms with Gasteiger partial charge in [0.15, 0.2) is 0 Å². The van der Waals surface area contributed by atoms with E-state index in [2.05, 4.69) is 9.80 Å². The molecule has 3 saturated heterocycles. The molecule has 3 fully saturated rings. The van der Waals surface area contributed by atoms with Crippen LogP contribution in [0.25, 0.3) is 0 Å². The van der Waals surface area contributed by atoms with E-state index in [4.69, 9.17) is 0 Å². The van der Waals surface area contributed by atoms with Crippen molar-refractivity contribution in [3.8, 4) is 0 Å². The number of hydrogen-bond acceptors (Lipinski definition) is 5. The van der Waals surface area contributed by atoms with E-state index >= 15 is 0 Å². The number of piperidine rings is 1. The molecule has 0 radical (unpaired) electrons. The topological polar surface area (TPSA) is 69.1 Å². The Bertz CT molecular complexity index is 833. The Morgan fingerprint density at radius 3 is 2.03 bits per heavy atom. The summed E-state index contributed by atoms with van der Waals surface area (Å²) < 4.78 is 29.1. The second-order valence-corrected chi connectivity index (χ2v) is 10.8. The molecule has 4 rings (SSSR count). The molecule has 0 atom stereocenters. The molecule has 9 heteroatoms. The van der Waals surface area contributed by atoms with E-state index in [1.54, 1.807) is 28.2 Å². The summed E-state index contributed by atoms with van der Waals surface area (Å²) in [5, 5.41) is 0. The fraction of sp³-hybridized carbons (Fsp3) is 0.762. The van der Waals surface area contributed by atoms with E-state index in [0.717, 1.165) is 45.4 Å². The predicted octanol–water partition coefficient (Wildman–Crippen LogP) is 1.05. The number of carbonyl (C=O) groups excluding carboxylic acids is 1. The van der Waals surface area contributed by atoms with Crippen molar-refractivity contribution in [2.75, 3.05) is 65.4 Å². The number of likely N-dealkylation sites (tertiary alicyclic amines) is 1. The van der Waals surface area contributed by atoms with Crippen molar-refractivity contribution in [1.29, 1.82) is 0 Å². The molecular formula is C21H35N5O3S. The van der Waals surface area contributed by atoms with Crippen LogP contribution in [-0.2, 0) is 17.1 Å². The van der Waals surface area contributed by atoms with Crippen LogP contribution in [0.15, 0.2) is 17.2 Å². The lowest BCUT2D eigenvalue weighted by Gasteiger charge is -2.35. The Balaban J connectivity index is 1.35. The number of aryl methyl sites for hydroxylation is 1. The first-order chi connectivity index (χ1) is 14.4. The quantitative estimate of drug-likeness (QED) is 0.666. The number of carbonyl (C=O) groups is 1. The maximum Gasteiger partial charge on any atom is 0.270 e. The molecule has 3 aliphatic heterocycles. The highest BCUT2D eigenvalue weighted by atomic mass is 32.2. The van der Waals surface area contributed by atoms with Crippen LogP contribution in [-0.4, -0.2) is 103 Å². The number of piperazine rings is 1. The predicted molar refractivity (Wildman–Crippen MR) is 116 cm³/mol. The van der Waals surface area contributed by atoms with Gasteiger partial charge in [-0.25, -0.2) is 8.42 Å². The largest absolute Gasteiger partial charge is 0.345 e. The van der Waals surface area contributed by atoms with E-state index in [0.29, 0.717) is 31.9 Å². The van der Waals surface area contributed by atoms with E-state index in [1.807, 2.05) is 4.90 Å². The Hall–Kier alpha value is -1.42. The van der Waals surface area contributed by atoms with Crippen molar-refractivity contribution >= 4 is 15.9 Å². The summed E-state index contributed by atoms with van der Waals surface area (Å²) in [6, 6.07) is 1.56. The van der Waals surface area contributed by atoms with Crippen molar-refractivity contribution in [3.05, 3.63) is 18.0 Å². The third kappa shape index (κ3) is 4.74. The summed E-state index contributed by atoms with van der Waals surface area (Å²) in [4.78, 5) is 20.1. The van der Waals surface area contributed by atoms with E-state index in [1.165, 1.54) is 25.9 Å². The lowest BCUT2D eigenvalue weighted by Crippen LogP contribution is -2.50. The number of rotatable bonds is 6. The Labute approximate surface area is 180 Å². The zero-order valence-corrected chi connectivity index (χ0v) is 18.9. The molecule has 1 aromatic heterocycles. The van der Waals surface area contributed by atoms with Crippen molar-refractivity contribution < 1.29 is 13.2 Å². The summed E-state index contributed by atoms with van der Waals surface area (Å²) in [6.07, 6.45) is 7.10. The molecule has 0 spiro atoms. The van der Waals surface area contributed by atoms with Crippen molar-refractivity contribution in [2.24, 2.45) is 7.05 Å². The molecule has 8 nitrogen and oxygen atoms in total. The van der Waals surface area contributed by atoms with Gasteiger partial charge in [-0.2, -0.15) is 4.31 Å². The Morgan fingerprint density at radius 2 is 1.40 bits per heavy atom. The highest BCUT2D eigenvalue weighted by Gasteiger charge is 2.30. The van der Waals surface area contributed by atoms with Crippen molar-refractivity contribution in [2.45, 2.75) is 37.0 Å². The fourth-order valence-corrected chi connectivity index (χ4v) is 6.36. The number of hydrogen-bond donors (Lipinski definition) is 0. The lowest BCUT2D eigenvalue weighted by molar-refractivity contribution is 0.0617. The fourth-order valence-electron chi connectivity index (χ4n) is 4.77. The van der Waals surface area contributed by atoms with E-state index < -0.39 is 10.0 Å². The highest BCUT2D eigenvalue weighted by molar-refractivity contribution is 7.89. The smallest absolute Gasteiger partial charge is 0.270 e. The summed E-state index contributed by atoms with van der Waals surface area (Å²) in [5.74, 6) is -0.0724. The minimum atomic E-state index is -3.52. The van der Waals surface area contributed by atoms with Gasteiger partial charge in [-0.3, -0.25) is 9.69 Å². The molecule has 30 heavy (non-hydrogen) atoms. The molecular weight excluding hydrogens is 402 g/mol. The van der Waals surface area contributed by atoms with Crippen LogP contribution in [0, 0.1) is 0 Å². The van der Waals surface area contributed by atoms with Crippen LogP contribution in [0.3, 0.4) is 0 Å². The Morgan fingerprint density at radius 1 is 0.833 bits per heavy atom. The molecule has 1 aromatic rings. The van der Waals surface area contributed by atoms with E-state index in [-0.39, 0.29) is 10.8 Å². The maximum absolute atomic E-state index is 13.1. The summed E-state index contributed by atoms with van der Waals surface area (Å²) in [5.41, 5.74) is 0.455. The van der Waals surface area contributed by atoms with E-state index in [9.17, 15) is 13.2 Å². The third-order valence-corrected chi connectivity index (χ3v) is 8.61. The first-order valence-electron chi connectivity index (χ1n) is 11.4. The van der Waals surface area contributed by atoms with Gasteiger partial charge in [-0.15, -0.1) is 0 Å². The standard InChI is InChI=1S/C21H35N5O3S/c1-22-18-19(30(28,29)26-9-3-2-4-10-26)17-20(22)21(27)25-15-13-24(14-16-25)12-11-23-7-5-6-8-23/h17-18H,2-16H2,1H3. The maximum atomic E-state index is 13.1. The van der Waals surface area contributed by atoms with Crippen LogP contribution < -0.4 is 0 Å². The molecule has 1 amide bonds. The number of sulfonamides is 1. The summed E-state index contributed by atoms with van der Waals surface area (Å²) in [7, 11) is -1.76. The molecule has 0 N–H and O–H groups in total. The highest BCUT2D eigenvalue weighted by Crippen LogP contribution is 2.23. The average molecular weight is 438 g/mol. The summed E-state index contributed by atoms with van der Waals surface area (Å²) >= 11 is 0. The average Bonchev–Trinajstić information content (AvgIpc) is 3.43. The minimum absolute atomic E-state index is 0.0724. The molecule has 3 aliphatic rings. The van der Waals surface area contributed by atoms with Gasteiger partial charge < -0.3 is 14.4 Å². The van der Waals surface area contributed by atoms with Crippen LogP contribution in [0.1, 0.15) is 42.6 Å². The van der Waals surface area contributed by atoms with Gasteiger partial charge in [0.2, 0.25) is 10.0 Å². The van der Waals surface area contributed by atoms with Crippen LogP contribution in [0.2, 0.25) is 0 Å². The lowest BCUT2D eigenvalue weighted by atomic mass is 10.2. The van der Waals surface area contributed by atoms with Gasteiger partial charge in [0.05, 0.1) is 0 Å². The number of aromatic nitrogens is 1. The van der Waals surface area contributed by atoms with Gasteiger partial charge in [0, 0.05) is 65.6 Å². The van der Waals surface area contributed by atoms with Crippen LogP contribution in [0.5, 0.6) is 0 Å². The SMILES string of the molecule is Cn1cc(S(=O)(=O)N2CCCCC2)cc1C(=O)N1CCN(CCN2CCCC2)CC1. The number of nitrogens with zero attached hydrogens (tertiary/aromatic N) is 5. The van der Waals surface area contributed by atoms with Crippen LogP contribution >= 0.6 is 0 Å². The molecule has 0 aromatic carbocycles. The van der Waals surface area contributed by atoms with Crippen LogP contribution in [0.4, 0.5) is 0 Å². The molecule has 0 aliphatic carbocycles. The van der Waals surface area contributed by atoms with Gasteiger partial charge in [0.1, 0.15) is 10.6 Å². The second kappa shape index (κ2) is 9.38. The van der Waals surface area contributed by atoms with Gasteiger partial charge >= 0.3 is 0 Å². The van der Waals surface area contributed by atoms with Crippen molar-refractivity contribution in [1.82, 2.24) is 23.6 Å². The van der Waals surface area contributed by atoms with Gasteiger partial charge in [0.25, 0.3) is 5.91 Å². The second-order valence-electron chi connectivity index (χ2n) is 8.82. The first-order valence-corrected chi connectivity index (χ1v) is 12.8. The molecule has 0 saturated carbocycles. The van der Waals surface area contributed by atoms with Gasteiger partial charge in [-0.1, -0.05) is 6.42 Å². The zero-order valence-electron chi connectivity index (χ0n) is 18.1. The minimum Gasteiger partial charge on any atom is -0.345 e. The molecule has 4 heterocycles. The monoisotopic (exact) mass is 437 g/mol. The zero-order chi connectivity index (χ0) is 21.1. The normalized spacial score (nSPS) is 22.6. The first kappa shape index (κ1) is 21.8. The molecule has 168 valence electrons. The summed E-state index contributed by atoms with van der Waals surface area (Å²) in [6.45, 7) is 8.89. The molecule has 0 unspecified atom stereocenters. The molecule has 0 bridgehead atoms. The van der Waals surface area contributed by atoms with Gasteiger partial charge in [-0.05, 0) is 44.8 Å².